The molecule has 0 fully saturated rings. The highest BCUT2D eigenvalue weighted by Crippen LogP contribution is 2.28. The first-order valence-corrected chi connectivity index (χ1v) is 12.0. The van der Waals surface area contributed by atoms with E-state index < -0.39 is 5.91 Å². The van der Waals surface area contributed by atoms with Crippen molar-refractivity contribution in [3.05, 3.63) is 94.5 Å². The second-order valence-corrected chi connectivity index (χ2v) is 8.62. The van der Waals surface area contributed by atoms with E-state index in [2.05, 4.69) is 40.9 Å². The van der Waals surface area contributed by atoms with E-state index in [-0.39, 0.29) is 17.2 Å². The minimum Gasteiger partial charge on any atom is -0.494 e. The summed E-state index contributed by atoms with van der Waals surface area (Å²) in [6, 6.07) is 19.5. The fourth-order valence-corrected chi connectivity index (χ4v) is 4.17. The molecule has 1 aromatic heterocycles. The van der Waals surface area contributed by atoms with Crippen LogP contribution in [-0.2, 0) is 6.42 Å². The number of nitrogens with one attached hydrogen (secondary N) is 1. The molecule has 4 rings (SSSR count). The number of primary amides is 1. The third-order valence-electron chi connectivity index (χ3n) is 6.38. The van der Waals surface area contributed by atoms with Crippen molar-refractivity contribution in [3.63, 3.8) is 0 Å². The van der Waals surface area contributed by atoms with E-state index in [4.69, 9.17) is 5.73 Å². The van der Waals surface area contributed by atoms with E-state index in [9.17, 15) is 14.7 Å². The van der Waals surface area contributed by atoms with Crippen molar-refractivity contribution in [2.45, 2.75) is 20.3 Å². The van der Waals surface area contributed by atoms with Crippen LogP contribution in [-0.4, -0.2) is 52.5 Å². The maximum Gasteiger partial charge on any atom is 0.248 e. The minimum absolute atomic E-state index is 0.0232. The Kier molecular flexibility index (Phi) is 7.61. The molecule has 7 heteroatoms. The Balaban J connectivity index is 1.52. The largest absolute Gasteiger partial charge is 0.494 e. The third kappa shape index (κ3) is 5.53. The summed E-state index contributed by atoms with van der Waals surface area (Å²) in [4.78, 5) is 34.2. The van der Waals surface area contributed by atoms with Gasteiger partial charge in [-0.25, -0.2) is 0 Å². The smallest absolute Gasteiger partial charge is 0.248 e. The fraction of sp³-hybridized carbons (Fsp3) is 0.207. The van der Waals surface area contributed by atoms with Crippen molar-refractivity contribution in [1.29, 1.82) is 0 Å². The molecule has 0 aliphatic carbocycles. The number of aromatic amines is 1. The highest BCUT2D eigenvalue weighted by atomic mass is 16.3. The molecular formula is C29H30N4O3. The lowest BCUT2D eigenvalue weighted by molar-refractivity contribution is 0.1000. The average Bonchev–Trinajstić information content (AvgIpc) is 3.22. The lowest BCUT2D eigenvalue weighted by Crippen LogP contribution is -2.25. The molecule has 4 N–H and O–H groups in total. The molecule has 0 aliphatic heterocycles. The number of nitrogens with zero attached hydrogens (tertiary/aromatic N) is 2. The number of carbonyl (C=O) groups is 2. The second-order valence-electron chi connectivity index (χ2n) is 8.62. The van der Waals surface area contributed by atoms with Gasteiger partial charge >= 0.3 is 0 Å². The lowest BCUT2D eigenvalue weighted by atomic mass is 10.00. The number of fused-ring (bicyclic) bond motifs is 1. The summed E-state index contributed by atoms with van der Waals surface area (Å²) < 4.78 is 0. The molecular weight excluding hydrogens is 452 g/mol. The molecule has 0 spiro atoms. The van der Waals surface area contributed by atoms with Gasteiger partial charge in [0.2, 0.25) is 5.91 Å². The van der Waals surface area contributed by atoms with Gasteiger partial charge in [-0.1, -0.05) is 50.2 Å². The number of carbonyl (C=O) groups excluding carboxylic acids is 2. The number of hydrogen-bond acceptors (Lipinski definition) is 5. The van der Waals surface area contributed by atoms with E-state index >= 15 is 0 Å². The molecule has 4 aromatic rings. The van der Waals surface area contributed by atoms with Crippen LogP contribution < -0.4 is 5.73 Å². The zero-order valence-electron chi connectivity index (χ0n) is 20.5. The number of aliphatic imine (C=N–C) groups is 1. The summed E-state index contributed by atoms with van der Waals surface area (Å²) in [7, 11) is 0. The van der Waals surface area contributed by atoms with Gasteiger partial charge in [-0.2, -0.15) is 0 Å². The predicted molar refractivity (Wildman–Crippen MR) is 144 cm³/mol. The SMILES string of the molecule is CCN(CC)CCc1ccc(N=Cc2c(O)[nH]c3cc(C(=O)c4cccc(C(N)=O)c4)ccc23)cc1. The Hall–Kier alpha value is -4.23. The van der Waals surface area contributed by atoms with Crippen LogP contribution in [0.2, 0.25) is 0 Å². The Labute approximate surface area is 210 Å². The predicted octanol–water partition coefficient (Wildman–Crippen LogP) is 4.84. The highest BCUT2D eigenvalue weighted by Gasteiger charge is 2.15. The van der Waals surface area contributed by atoms with Crippen LogP contribution in [0.1, 0.15) is 51.3 Å². The van der Waals surface area contributed by atoms with Crippen LogP contribution in [0.15, 0.2) is 71.7 Å². The van der Waals surface area contributed by atoms with Crippen molar-refractivity contribution in [2.24, 2.45) is 10.7 Å². The standard InChI is InChI=1S/C29H30N4O3/c1-3-33(4-2)15-14-19-8-11-23(12-9-19)31-18-25-24-13-10-21(17-26(24)32-29(25)36)27(34)20-6-5-7-22(16-20)28(30)35/h5-13,16-18,32,36H,3-4,14-15H2,1-2H3,(H2,30,35). The Bertz CT molecular complexity index is 1420. The molecule has 36 heavy (non-hydrogen) atoms. The number of rotatable bonds is 10. The second kappa shape index (κ2) is 11.0. The van der Waals surface area contributed by atoms with Gasteiger partial charge in [0.05, 0.1) is 11.3 Å². The Morgan fingerprint density at radius 1 is 0.972 bits per heavy atom. The molecule has 1 amide bonds. The molecule has 1 heterocycles. The molecule has 0 radical (unpaired) electrons. The third-order valence-corrected chi connectivity index (χ3v) is 6.38. The highest BCUT2D eigenvalue weighted by molar-refractivity contribution is 6.12. The maximum absolute atomic E-state index is 13.0. The molecule has 0 saturated carbocycles. The summed E-state index contributed by atoms with van der Waals surface area (Å²) in [6.07, 6.45) is 2.61. The van der Waals surface area contributed by atoms with Gasteiger partial charge in [-0.3, -0.25) is 14.6 Å². The number of amides is 1. The first kappa shape index (κ1) is 24.9. The van der Waals surface area contributed by atoms with E-state index in [1.54, 1.807) is 42.6 Å². The molecule has 0 bridgehead atoms. The van der Waals surface area contributed by atoms with Crippen molar-refractivity contribution in [2.75, 3.05) is 19.6 Å². The van der Waals surface area contributed by atoms with Gasteiger partial charge in [-0.15, -0.1) is 0 Å². The number of hydrogen-bond donors (Lipinski definition) is 3. The maximum atomic E-state index is 13.0. The Morgan fingerprint density at radius 2 is 1.67 bits per heavy atom. The van der Waals surface area contributed by atoms with Crippen LogP contribution in [0.3, 0.4) is 0 Å². The van der Waals surface area contributed by atoms with Gasteiger partial charge in [-0.05, 0) is 55.4 Å². The quantitative estimate of drug-likeness (QED) is 0.222. The number of aromatic nitrogens is 1. The van der Waals surface area contributed by atoms with Crippen molar-refractivity contribution in [3.8, 4) is 5.88 Å². The van der Waals surface area contributed by atoms with Crippen LogP contribution in [0.4, 0.5) is 5.69 Å². The van der Waals surface area contributed by atoms with E-state index in [1.165, 1.54) is 11.6 Å². The number of H-pyrrole nitrogens is 1. The minimum atomic E-state index is -0.590. The zero-order valence-corrected chi connectivity index (χ0v) is 20.5. The van der Waals surface area contributed by atoms with Gasteiger partial charge in [0.25, 0.3) is 0 Å². The number of likely N-dealkylation sites (N-methyl/N-ethyl adjacent to an activating group) is 1. The molecule has 0 unspecified atom stereocenters. The van der Waals surface area contributed by atoms with Crippen molar-refractivity contribution >= 4 is 34.5 Å². The van der Waals surface area contributed by atoms with Crippen molar-refractivity contribution < 1.29 is 14.7 Å². The van der Waals surface area contributed by atoms with E-state index in [1.807, 2.05) is 12.1 Å². The zero-order chi connectivity index (χ0) is 25.7. The van der Waals surface area contributed by atoms with Gasteiger partial charge in [0, 0.05) is 40.4 Å². The average molecular weight is 483 g/mol. The summed E-state index contributed by atoms with van der Waals surface area (Å²) >= 11 is 0. The van der Waals surface area contributed by atoms with Crippen LogP contribution in [0.25, 0.3) is 10.9 Å². The fourth-order valence-electron chi connectivity index (χ4n) is 4.17. The van der Waals surface area contributed by atoms with Crippen LogP contribution >= 0.6 is 0 Å². The molecule has 3 aromatic carbocycles. The Morgan fingerprint density at radius 3 is 2.36 bits per heavy atom. The number of aromatic hydroxyl groups is 1. The molecule has 7 nitrogen and oxygen atoms in total. The summed E-state index contributed by atoms with van der Waals surface area (Å²) in [5.74, 6) is -0.858. The van der Waals surface area contributed by atoms with Crippen LogP contribution in [0.5, 0.6) is 5.88 Å². The summed E-state index contributed by atoms with van der Waals surface area (Å²) in [6.45, 7) is 7.46. The van der Waals surface area contributed by atoms with Gasteiger partial charge < -0.3 is 20.7 Å². The monoisotopic (exact) mass is 482 g/mol. The van der Waals surface area contributed by atoms with Gasteiger partial charge in [0.15, 0.2) is 11.7 Å². The van der Waals surface area contributed by atoms with Gasteiger partial charge in [0.1, 0.15) is 0 Å². The normalized spacial score (nSPS) is 11.5. The first-order valence-electron chi connectivity index (χ1n) is 12.0. The molecule has 0 atom stereocenters. The number of nitrogens with two attached hydrogens (primary N) is 1. The molecule has 184 valence electrons. The topological polar surface area (TPSA) is 112 Å². The van der Waals surface area contributed by atoms with E-state index in [0.29, 0.717) is 22.2 Å². The number of benzene rings is 3. The van der Waals surface area contributed by atoms with E-state index in [0.717, 1.165) is 37.1 Å². The van der Waals surface area contributed by atoms with Crippen molar-refractivity contribution in [1.82, 2.24) is 9.88 Å². The summed E-state index contributed by atoms with van der Waals surface area (Å²) in [5, 5.41) is 11.2. The lowest BCUT2D eigenvalue weighted by Gasteiger charge is -2.17. The first-order chi connectivity index (χ1) is 17.4. The number of ketones is 1. The summed E-state index contributed by atoms with van der Waals surface area (Å²) in [5.41, 5.74) is 9.60. The molecule has 0 aliphatic rings. The molecule has 0 saturated heterocycles. The van der Waals surface area contributed by atoms with Crippen LogP contribution in [0, 0.1) is 0 Å².